The molecule has 32 heavy (non-hydrogen) atoms. The summed E-state index contributed by atoms with van der Waals surface area (Å²) >= 11 is 12.3. The Morgan fingerprint density at radius 3 is 2.38 bits per heavy atom. The number of rotatable bonds is 10. The molecule has 3 rings (SSSR count). The van der Waals surface area contributed by atoms with Gasteiger partial charge in [-0.3, -0.25) is 0 Å². The van der Waals surface area contributed by atoms with E-state index in [-0.39, 0.29) is 12.6 Å². The first-order chi connectivity index (χ1) is 15.3. The fraction of sp³-hybridized carbons (Fsp3) is 0.304. The van der Waals surface area contributed by atoms with Gasteiger partial charge in [-0.2, -0.15) is 0 Å². The van der Waals surface area contributed by atoms with Crippen LogP contribution in [0.15, 0.2) is 60.7 Å². The van der Waals surface area contributed by atoms with Gasteiger partial charge < -0.3 is 24.6 Å². The van der Waals surface area contributed by atoms with Crippen molar-refractivity contribution in [1.29, 1.82) is 0 Å². The summed E-state index contributed by atoms with van der Waals surface area (Å²) in [6.07, 6.45) is 3.78. The number of halogens is 2. The zero-order valence-corrected chi connectivity index (χ0v) is 18.6. The smallest absolute Gasteiger partial charge is 0.387 e. The van der Waals surface area contributed by atoms with Crippen LogP contribution in [0.2, 0.25) is 10.0 Å². The van der Waals surface area contributed by atoms with E-state index >= 15 is 0 Å². The minimum atomic E-state index is -2.34. The zero-order chi connectivity index (χ0) is 23.0. The lowest BCUT2D eigenvalue weighted by molar-refractivity contribution is -0.315. The summed E-state index contributed by atoms with van der Waals surface area (Å²) in [4.78, 5) is 22.8. The second-order valence-electron chi connectivity index (χ2n) is 7.15. The molecule has 1 aliphatic heterocycles. The lowest BCUT2D eigenvalue weighted by Crippen LogP contribution is -2.47. The van der Waals surface area contributed by atoms with Gasteiger partial charge in [0.25, 0.3) is 0 Å². The van der Waals surface area contributed by atoms with Crippen molar-refractivity contribution in [3.63, 3.8) is 0 Å². The van der Waals surface area contributed by atoms with Crippen molar-refractivity contribution in [3.8, 4) is 5.75 Å². The van der Waals surface area contributed by atoms with E-state index in [1.165, 1.54) is 0 Å². The second-order valence-corrected chi connectivity index (χ2v) is 8.00. The van der Waals surface area contributed by atoms with Crippen LogP contribution in [0.1, 0.15) is 30.9 Å². The highest BCUT2D eigenvalue weighted by molar-refractivity contribution is 6.34. The molecule has 1 heterocycles. The monoisotopic (exact) mass is 479 g/mol. The molecule has 0 aliphatic carbocycles. The number of benzene rings is 2. The van der Waals surface area contributed by atoms with Gasteiger partial charge in [0.2, 0.25) is 0 Å². The van der Waals surface area contributed by atoms with Gasteiger partial charge in [-0.05, 0) is 43.5 Å². The molecule has 0 saturated carbocycles. The Labute approximate surface area is 195 Å². The molecule has 0 saturated heterocycles. The summed E-state index contributed by atoms with van der Waals surface area (Å²) in [5.74, 6) is -3.54. The maximum atomic E-state index is 11.4. The van der Waals surface area contributed by atoms with Crippen molar-refractivity contribution >= 4 is 35.1 Å². The standard InChI is InChI=1S/C23H23Cl2NO6/c24-17-9-10-18(25)20(14-17)30-19(16-6-2-1-3-7-16)8-4-5-13-26-15-23(29)31-21(27)11-12-22(28)32-23/h1-3,6-7,9-12,14,19,26,29H,4-5,8,13,15H2. The molecular weight excluding hydrogens is 457 g/mol. The maximum absolute atomic E-state index is 11.4. The van der Waals surface area contributed by atoms with Crippen molar-refractivity contribution in [2.24, 2.45) is 0 Å². The molecule has 2 N–H and O–H groups in total. The highest BCUT2D eigenvalue weighted by Gasteiger charge is 2.37. The van der Waals surface area contributed by atoms with Gasteiger partial charge in [0, 0.05) is 23.2 Å². The van der Waals surface area contributed by atoms with E-state index in [4.69, 9.17) is 37.4 Å². The van der Waals surface area contributed by atoms with Gasteiger partial charge in [0.15, 0.2) is 0 Å². The van der Waals surface area contributed by atoms with Crippen LogP contribution >= 0.6 is 23.2 Å². The molecule has 1 unspecified atom stereocenters. The second kappa shape index (κ2) is 11.3. The zero-order valence-electron chi connectivity index (χ0n) is 17.1. The summed E-state index contributed by atoms with van der Waals surface area (Å²) in [5.41, 5.74) is 1.01. The van der Waals surface area contributed by atoms with Crippen LogP contribution in [-0.4, -0.2) is 36.1 Å². The van der Waals surface area contributed by atoms with E-state index in [0.29, 0.717) is 28.8 Å². The number of carbonyl (C=O) groups excluding carboxylic acids is 2. The van der Waals surface area contributed by atoms with Gasteiger partial charge >= 0.3 is 17.9 Å². The number of carbonyl (C=O) groups is 2. The third-order valence-corrected chi connectivity index (χ3v) is 5.18. The average molecular weight is 480 g/mol. The lowest BCUT2D eigenvalue weighted by Gasteiger charge is -2.25. The van der Waals surface area contributed by atoms with Crippen LogP contribution in [-0.2, 0) is 19.1 Å². The number of esters is 2. The summed E-state index contributed by atoms with van der Waals surface area (Å²) in [6.45, 7) is 0.243. The van der Waals surface area contributed by atoms with Crippen LogP contribution in [0.5, 0.6) is 5.75 Å². The van der Waals surface area contributed by atoms with E-state index in [1.54, 1.807) is 18.2 Å². The molecular formula is C23H23Cl2NO6. The molecule has 2 aromatic carbocycles. The maximum Gasteiger partial charge on any atom is 0.387 e. The van der Waals surface area contributed by atoms with E-state index < -0.39 is 17.9 Å². The molecule has 1 aliphatic rings. The number of ether oxygens (including phenoxy) is 3. The number of aliphatic hydroxyl groups is 1. The van der Waals surface area contributed by atoms with Gasteiger partial charge in [0.1, 0.15) is 18.4 Å². The summed E-state index contributed by atoms with van der Waals surface area (Å²) in [5, 5.41) is 14.1. The third kappa shape index (κ3) is 7.24. The van der Waals surface area contributed by atoms with Crippen LogP contribution in [0.3, 0.4) is 0 Å². The Morgan fingerprint density at radius 2 is 1.69 bits per heavy atom. The molecule has 0 radical (unpaired) electrons. The molecule has 0 bridgehead atoms. The molecule has 2 aromatic rings. The molecule has 0 aromatic heterocycles. The molecule has 0 fully saturated rings. The number of unbranched alkanes of at least 4 members (excludes halogenated alkanes) is 1. The first-order valence-electron chi connectivity index (χ1n) is 10.1. The Kier molecular flexibility index (Phi) is 8.53. The van der Waals surface area contributed by atoms with Crippen molar-refractivity contribution < 1.29 is 28.9 Å². The highest BCUT2D eigenvalue weighted by atomic mass is 35.5. The van der Waals surface area contributed by atoms with Crippen molar-refractivity contribution in [3.05, 3.63) is 76.3 Å². The highest BCUT2D eigenvalue weighted by Crippen LogP contribution is 2.33. The Morgan fingerprint density at radius 1 is 1.00 bits per heavy atom. The fourth-order valence-corrected chi connectivity index (χ4v) is 3.44. The van der Waals surface area contributed by atoms with Gasteiger partial charge in [-0.1, -0.05) is 53.5 Å². The van der Waals surface area contributed by atoms with E-state index in [0.717, 1.165) is 30.6 Å². The summed E-state index contributed by atoms with van der Waals surface area (Å²) < 4.78 is 15.6. The van der Waals surface area contributed by atoms with Crippen LogP contribution in [0, 0.1) is 0 Å². The predicted molar refractivity (Wildman–Crippen MR) is 119 cm³/mol. The largest absolute Gasteiger partial charge is 0.484 e. The molecule has 0 amide bonds. The minimum absolute atomic E-state index is 0.230. The van der Waals surface area contributed by atoms with Crippen molar-refractivity contribution in [2.75, 3.05) is 13.1 Å². The van der Waals surface area contributed by atoms with E-state index in [1.807, 2.05) is 30.3 Å². The topological polar surface area (TPSA) is 94.1 Å². The lowest BCUT2D eigenvalue weighted by atomic mass is 10.0. The first-order valence-corrected chi connectivity index (χ1v) is 10.8. The van der Waals surface area contributed by atoms with Crippen LogP contribution in [0.4, 0.5) is 0 Å². The van der Waals surface area contributed by atoms with E-state index in [9.17, 15) is 14.7 Å². The number of hydrogen-bond donors (Lipinski definition) is 2. The Balaban J connectivity index is 1.50. The van der Waals surface area contributed by atoms with Gasteiger partial charge in [0.05, 0.1) is 5.02 Å². The quantitative estimate of drug-likeness (QED) is 0.389. The Hall–Kier alpha value is -2.58. The summed E-state index contributed by atoms with van der Waals surface area (Å²) in [7, 11) is 0. The number of cyclic esters (lactones) is 2. The van der Waals surface area contributed by atoms with Gasteiger partial charge in [-0.15, -0.1) is 0 Å². The first kappa shape index (κ1) is 24.1. The van der Waals surface area contributed by atoms with Crippen molar-refractivity contribution in [2.45, 2.75) is 31.3 Å². The third-order valence-electron chi connectivity index (χ3n) is 4.63. The van der Waals surface area contributed by atoms with Crippen LogP contribution in [0.25, 0.3) is 0 Å². The van der Waals surface area contributed by atoms with Crippen LogP contribution < -0.4 is 10.1 Å². The number of nitrogens with one attached hydrogen (secondary N) is 1. The fourth-order valence-electron chi connectivity index (χ4n) is 3.12. The average Bonchev–Trinajstić information content (AvgIpc) is 2.89. The number of hydrogen-bond acceptors (Lipinski definition) is 7. The van der Waals surface area contributed by atoms with E-state index in [2.05, 4.69) is 5.32 Å². The SMILES string of the molecule is O=C1C=CC(=O)OC(O)(CNCCCCC(Oc2cc(Cl)ccc2Cl)c2ccccc2)O1. The molecule has 0 spiro atoms. The predicted octanol–water partition coefficient (Wildman–Crippen LogP) is 4.18. The molecule has 9 heteroatoms. The Bertz CT molecular complexity index is 946. The molecule has 7 nitrogen and oxygen atoms in total. The molecule has 1 atom stereocenters. The summed E-state index contributed by atoms with van der Waals surface area (Å²) in [6, 6.07) is 14.9. The molecule has 170 valence electrons. The normalized spacial score (nSPS) is 16.1. The minimum Gasteiger partial charge on any atom is -0.484 e. The van der Waals surface area contributed by atoms with Crippen molar-refractivity contribution in [1.82, 2.24) is 5.32 Å². The van der Waals surface area contributed by atoms with Gasteiger partial charge in [-0.25, -0.2) is 9.59 Å².